The zero-order valence-corrected chi connectivity index (χ0v) is 82.6. The lowest BCUT2D eigenvalue weighted by atomic mass is 9.96. The summed E-state index contributed by atoms with van der Waals surface area (Å²) in [4.78, 5) is 19.2. The van der Waals surface area contributed by atoms with Crippen molar-refractivity contribution in [2.45, 2.75) is 171 Å². The van der Waals surface area contributed by atoms with E-state index in [9.17, 15) is 0 Å². The predicted molar refractivity (Wildman–Crippen MR) is 601 cm³/mol. The fourth-order valence-electron chi connectivity index (χ4n) is 18.8. The van der Waals surface area contributed by atoms with Crippen LogP contribution in [0.5, 0.6) is 0 Å². The molecule has 0 amide bonds. The molecule has 0 atom stereocenters. The second-order valence-electron chi connectivity index (χ2n) is 37.3. The molecule has 0 fully saturated rings. The summed E-state index contributed by atoms with van der Waals surface area (Å²) in [5.74, 6) is 0. The van der Waals surface area contributed by atoms with Gasteiger partial charge in [0.1, 0.15) is 15.7 Å². The highest BCUT2D eigenvalue weighted by molar-refractivity contribution is 6.32. The maximum atomic E-state index is 2.42. The van der Waals surface area contributed by atoms with Crippen molar-refractivity contribution < 1.29 is 0 Å². The fourth-order valence-corrected chi connectivity index (χ4v) is 18.8. The van der Waals surface area contributed by atoms with Crippen molar-refractivity contribution in [2.75, 3.05) is 39.2 Å². The van der Waals surface area contributed by atoms with Crippen molar-refractivity contribution in [3.8, 4) is 0 Å². The normalized spacial score (nSPS) is 11.2. The van der Waals surface area contributed by atoms with Gasteiger partial charge < -0.3 is 39.2 Å². The van der Waals surface area contributed by atoms with Crippen LogP contribution in [-0.2, 0) is 38.5 Å². The van der Waals surface area contributed by atoms with E-state index >= 15 is 0 Å². The first-order valence-corrected chi connectivity index (χ1v) is 50.7. The molecule has 10 heteroatoms. The molecular formula is C128H132B2N8. The molecule has 0 unspecified atom stereocenters. The molecule has 8 nitrogen and oxygen atoms in total. The molecule has 0 saturated carbocycles. The van der Waals surface area contributed by atoms with Crippen LogP contribution < -0.4 is 50.1 Å². The molecule has 17 aromatic carbocycles. The van der Waals surface area contributed by atoms with E-state index < -0.39 is 0 Å². The van der Waals surface area contributed by atoms with Crippen LogP contribution in [-0.4, -0.2) is 15.7 Å². The minimum atomic E-state index is 1.01. The molecule has 138 heavy (non-hydrogen) atoms. The lowest BCUT2D eigenvalue weighted by molar-refractivity contribution is 0.795. The van der Waals surface area contributed by atoms with Crippen molar-refractivity contribution in [1.29, 1.82) is 0 Å². The summed E-state index contributed by atoms with van der Waals surface area (Å²) in [7, 11) is 4.31. The highest BCUT2D eigenvalue weighted by Crippen LogP contribution is 2.48. The van der Waals surface area contributed by atoms with Gasteiger partial charge in [-0.15, -0.1) is 0 Å². The summed E-state index contributed by atoms with van der Waals surface area (Å²) in [6.07, 6.45) is 20.4. The van der Waals surface area contributed by atoms with Crippen molar-refractivity contribution in [3.63, 3.8) is 0 Å². The van der Waals surface area contributed by atoms with Crippen LogP contribution in [0.3, 0.4) is 0 Å². The van der Waals surface area contributed by atoms with Gasteiger partial charge in [0, 0.05) is 136 Å². The number of hydrogen-bond donors (Lipinski definition) is 0. The Morgan fingerprint density at radius 3 is 0.319 bits per heavy atom. The second-order valence-corrected chi connectivity index (χ2v) is 37.3. The summed E-state index contributed by atoms with van der Waals surface area (Å²) >= 11 is 0. The van der Waals surface area contributed by atoms with E-state index in [1.807, 2.05) is 0 Å². The minimum absolute atomic E-state index is 1.01. The van der Waals surface area contributed by atoms with Crippen molar-refractivity contribution in [1.82, 2.24) is 0 Å². The van der Waals surface area contributed by atoms with Crippen LogP contribution in [0.25, 0.3) is 0 Å². The van der Waals surface area contributed by atoms with Gasteiger partial charge in [0.05, 0.1) is 0 Å². The van der Waals surface area contributed by atoms with Gasteiger partial charge in [0.2, 0.25) is 0 Å². The van der Waals surface area contributed by atoms with Gasteiger partial charge in [-0.05, 0) is 415 Å². The van der Waals surface area contributed by atoms with Gasteiger partial charge >= 0.3 is 0 Å². The van der Waals surface area contributed by atoms with Gasteiger partial charge in [0.25, 0.3) is 0 Å². The molecular weight excluding hydrogens is 1670 g/mol. The maximum Gasteiger partial charge on any atom is 0.139 e. The van der Waals surface area contributed by atoms with E-state index in [0.717, 1.165) is 214 Å². The molecule has 0 N–H and O–H groups in total. The van der Waals surface area contributed by atoms with Gasteiger partial charge in [-0.3, -0.25) is 0 Å². The minimum Gasteiger partial charge on any atom is -0.311 e. The molecule has 0 aliphatic heterocycles. The number of unbranched alkanes of at least 4 members (excludes halogenated alkanes) is 6. The number of anilines is 24. The van der Waals surface area contributed by atoms with Crippen molar-refractivity contribution >= 4 is 163 Å². The SMILES string of the molecule is Bc1ccc(N(c2ccc(CCCC)cc2)c2ccc(N(c3ccc(C)cc3)c3ccc(N(c4ccc(N(c5ccc(B)cc5)c5ccc(CCCC)cc5)cc4)c4ccc(N(c5ccc(C)cc5)c5ccc(N(c6ccc(N(c7ccc(CCCC)cc7)c7ccc(CCCC)cc7)cc6)c6ccc(N(c7ccc(CCCC)cc7)c7ccc(CCCC)cc7)cc6)cc5)cc4)cc3)cc2)cc1. The average molecular weight is 1800 g/mol. The number of hydrogen-bond acceptors (Lipinski definition) is 8. The van der Waals surface area contributed by atoms with E-state index in [1.54, 1.807) is 0 Å². The lowest BCUT2D eigenvalue weighted by Crippen LogP contribution is -2.15. The van der Waals surface area contributed by atoms with Crippen LogP contribution in [0.4, 0.5) is 136 Å². The third-order valence-electron chi connectivity index (χ3n) is 26.8. The Balaban J connectivity index is 0.752. The van der Waals surface area contributed by atoms with Crippen LogP contribution in [0, 0.1) is 13.8 Å². The molecule has 0 radical (unpaired) electrons. The summed E-state index contributed by atoms with van der Waals surface area (Å²) < 4.78 is 0. The fraction of sp³-hybridized carbons (Fsp3) is 0.203. The molecule has 0 spiro atoms. The van der Waals surface area contributed by atoms with E-state index in [4.69, 9.17) is 0 Å². The highest BCUT2D eigenvalue weighted by Gasteiger charge is 2.26. The Morgan fingerprint density at radius 2 is 0.217 bits per heavy atom. The molecule has 0 aliphatic carbocycles. The Morgan fingerprint density at radius 1 is 0.130 bits per heavy atom. The van der Waals surface area contributed by atoms with Crippen LogP contribution >= 0.6 is 0 Å². The number of benzene rings is 17. The molecule has 0 saturated heterocycles. The summed E-state index contributed by atoms with van der Waals surface area (Å²) in [6, 6.07) is 155. The molecule has 690 valence electrons. The second kappa shape index (κ2) is 46.2. The van der Waals surface area contributed by atoms with Crippen LogP contribution in [0.2, 0.25) is 0 Å². The van der Waals surface area contributed by atoms with E-state index in [-0.39, 0.29) is 0 Å². The van der Waals surface area contributed by atoms with Gasteiger partial charge in [0.15, 0.2) is 0 Å². The summed E-state index contributed by atoms with van der Waals surface area (Å²) in [6.45, 7) is 17.9. The Kier molecular flexibility index (Phi) is 31.8. The standard InChI is InChI=1S/C128H132B2N8/c1-9-15-21-97-31-51-107(52-32-97)133(108-53-33-98(34-54-108)22-16-10-2)119-75-89-126(90-76-119)138(127-91-77-120(78-92-127)134(109-55-35-99(36-56-109)23-17-11-3)110-57-37-100(38-58-110)24-18-12-4)125-87-73-118(74-88-125)132(106-49-29-96(8)30-50-106)117-71-85-124(86-72-117)137(128-93-81-122(82-94-128)136(114-65-45-104(130)46-66-114)112-61-41-102(42-62-112)26-20-14-6)123-83-69-116(70-84-123)131(105-47-27-95(7)28-48-105)115-67-79-121(80-68-115)135(113-63-43-103(129)44-64-113)111-59-39-101(40-60-111)25-19-13-5/h27-94H,9-26,129-130H2,1-8H3. The zero-order valence-electron chi connectivity index (χ0n) is 82.6. The Bertz CT molecular complexity index is 6390. The highest BCUT2D eigenvalue weighted by atomic mass is 15.2. The van der Waals surface area contributed by atoms with Crippen LogP contribution in [0.15, 0.2) is 413 Å². The third kappa shape index (κ3) is 23.1. The van der Waals surface area contributed by atoms with Gasteiger partial charge in [-0.2, -0.15) is 0 Å². The largest absolute Gasteiger partial charge is 0.311 e. The quantitative estimate of drug-likeness (QED) is 0.0349. The smallest absolute Gasteiger partial charge is 0.139 e. The topological polar surface area (TPSA) is 25.9 Å². The first-order chi connectivity index (χ1) is 67.8. The molecule has 17 rings (SSSR count). The molecule has 0 aliphatic rings. The van der Waals surface area contributed by atoms with E-state index in [0.29, 0.717) is 0 Å². The predicted octanol–water partition coefficient (Wildman–Crippen LogP) is 34.6. The summed E-state index contributed by atoms with van der Waals surface area (Å²) in [5, 5.41) is 0. The van der Waals surface area contributed by atoms with Gasteiger partial charge in [-0.1, -0.05) is 223 Å². The van der Waals surface area contributed by atoms with Gasteiger partial charge in [-0.25, -0.2) is 0 Å². The third-order valence-corrected chi connectivity index (χ3v) is 26.8. The number of rotatable bonds is 42. The number of nitrogens with zero attached hydrogens (tertiary/aromatic N) is 8. The van der Waals surface area contributed by atoms with Crippen molar-refractivity contribution in [3.05, 3.63) is 457 Å². The zero-order chi connectivity index (χ0) is 95.1. The number of aryl methyl sites for hydroxylation is 8. The molecule has 0 aromatic heterocycles. The van der Waals surface area contributed by atoms with Crippen molar-refractivity contribution in [2.24, 2.45) is 0 Å². The Labute approximate surface area is 824 Å². The summed E-state index contributed by atoms with van der Waals surface area (Å²) in [5.41, 5.74) is 38.7. The first kappa shape index (κ1) is 95.0. The monoisotopic (exact) mass is 1800 g/mol. The van der Waals surface area contributed by atoms with Crippen LogP contribution in [0.1, 0.15) is 163 Å². The first-order valence-electron chi connectivity index (χ1n) is 50.7. The molecule has 0 bridgehead atoms. The lowest BCUT2D eigenvalue weighted by Gasteiger charge is -2.31. The average Bonchev–Trinajstić information content (AvgIpc) is 0.771. The maximum absolute atomic E-state index is 2.42. The molecule has 17 aromatic rings. The molecule has 0 heterocycles. The van der Waals surface area contributed by atoms with E-state index in [2.05, 4.69) is 523 Å². The van der Waals surface area contributed by atoms with E-state index in [1.165, 1.54) is 94.0 Å². The Hall–Kier alpha value is -14.7.